The van der Waals surface area contributed by atoms with E-state index in [4.69, 9.17) is 15.9 Å². The van der Waals surface area contributed by atoms with Crippen LogP contribution in [0.5, 0.6) is 0 Å². The number of nitrogens with one attached hydrogen (secondary N) is 2. The zero-order valence-corrected chi connectivity index (χ0v) is 30.6. The Kier molecular flexibility index (Phi) is 15.0. The van der Waals surface area contributed by atoms with E-state index in [-0.39, 0.29) is 35.8 Å². The van der Waals surface area contributed by atoms with Crippen molar-refractivity contribution >= 4 is 29.8 Å². The molecule has 284 valence electrons. The first-order valence-electron chi connectivity index (χ1n) is 19.4. The Morgan fingerprint density at radius 1 is 0.942 bits per heavy atom. The molecule has 5 rings (SSSR count). The fourth-order valence-corrected chi connectivity index (χ4v) is 8.13. The number of hydrogen-bond acceptors (Lipinski definition) is 7. The lowest BCUT2D eigenvalue weighted by Crippen LogP contribution is -2.53. The summed E-state index contributed by atoms with van der Waals surface area (Å²) in [6.07, 6.45) is 18.9. The number of carbonyl (C=O) groups is 4. The van der Waals surface area contributed by atoms with Crippen LogP contribution in [-0.4, -0.2) is 109 Å². The van der Waals surface area contributed by atoms with Crippen molar-refractivity contribution in [3.05, 3.63) is 58.4 Å². The highest BCUT2D eigenvalue weighted by Crippen LogP contribution is 2.29. The van der Waals surface area contributed by atoms with Gasteiger partial charge in [-0.25, -0.2) is 4.39 Å². The van der Waals surface area contributed by atoms with E-state index in [1.807, 2.05) is 6.08 Å². The van der Waals surface area contributed by atoms with Crippen molar-refractivity contribution in [3.8, 4) is 0 Å². The minimum atomic E-state index is -0.635. The smallest absolute Gasteiger partial charge is 0.256 e. The summed E-state index contributed by atoms with van der Waals surface area (Å²) in [4.78, 5) is 54.9. The van der Waals surface area contributed by atoms with Gasteiger partial charge >= 0.3 is 0 Å². The molecule has 0 bridgehead atoms. The number of likely N-dealkylation sites (tertiary alicyclic amines) is 1. The number of primary amides is 1. The molecule has 1 unspecified atom stereocenters. The molecule has 52 heavy (non-hydrogen) atoms. The van der Waals surface area contributed by atoms with Crippen LogP contribution in [0.4, 0.5) is 4.39 Å². The highest BCUT2D eigenvalue weighted by molar-refractivity contribution is 6.13. The molecule has 2 saturated heterocycles. The van der Waals surface area contributed by atoms with Crippen LogP contribution in [0.2, 0.25) is 0 Å². The minimum absolute atomic E-state index is 0.0279. The molecule has 4 amide bonds. The van der Waals surface area contributed by atoms with Crippen LogP contribution in [0.3, 0.4) is 0 Å². The molecular formula is C40H57FN6O5. The Morgan fingerprint density at radius 2 is 1.63 bits per heavy atom. The van der Waals surface area contributed by atoms with Gasteiger partial charge in [-0.15, -0.1) is 0 Å². The second kappa shape index (κ2) is 19.8. The standard InChI is InChI=1S/C40H57FN6O5/c41-36-14-13-30(26-37(42)33-11-4-5-12-34(33)39(43)50)25-35(36)40(51)47-23-21-46(22-24-47)38(49)27-45-19-16-32(17-20-45)52-31(15-18-44-28-48)10-6-9-29-7-2-1-3-8-29/h11-14,25,28-29,31-32,42H,1-10,15-24,26-27H2,(H2,43,50)(H,44,48). The van der Waals surface area contributed by atoms with Crippen molar-refractivity contribution in [3.63, 3.8) is 0 Å². The van der Waals surface area contributed by atoms with Crippen LogP contribution in [0.1, 0.15) is 99.4 Å². The monoisotopic (exact) mass is 720 g/mol. The number of amides is 4. The zero-order chi connectivity index (χ0) is 36.9. The molecule has 3 fully saturated rings. The first-order valence-corrected chi connectivity index (χ1v) is 19.4. The second-order valence-electron chi connectivity index (χ2n) is 14.8. The predicted octanol–water partition coefficient (Wildman–Crippen LogP) is 4.54. The van der Waals surface area contributed by atoms with Crippen LogP contribution >= 0.6 is 0 Å². The summed E-state index contributed by atoms with van der Waals surface area (Å²) in [5, 5.41) is 11.4. The van der Waals surface area contributed by atoms with Crippen molar-refractivity contribution in [2.45, 2.75) is 102 Å². The van der Waals surface area contributed by atoms with Gasteiger partial charge in [-0.2, -0.15) is 0 Å². The van der Waals surface area contributed by atoms with E-state index in [0.717, 1.165) is 57.5 Å². The minimum Gasteiger partial charge on any atom is -0.375 e. The number of halogens is 1. The van der Waals surface area contributed by atoms with Crippen molar-refractivity contribution in [2.75, 3.05) is 52.4 Å². The number of nitrogens with zero attached hydrogens (tertiary/aromatic N) is 3. The second-order valence-corrected chi connectivity index (χ2v) is 14.8. The molecule has 1 aromatic carbocycles. The Bertz CT molecular complexity index is 1470. The summed E-state index contributed by atoms with van der Waals surface area (Å²) in [5.41, 5.74) is 7.03. The van der Waals surface area contributed by atoms with E-state index < -0.39 is 17.6 Å². The highest BCUT2D eigenvalue weighted by Gasteiger charge is 2.30. The maximum absolute atomic E-state index is 14.9. The molecule has 0 radical (unpaired) electrons. The van der Waals surface area contributed by atoms with Crippen LogP contribution < -0.4 is 11.1 Å². The third-order valence-electron chi connectivity index (χ3n) is 11.1. The van der Waals surface area contributed by atoms with Gasteiger partial charge in [0.2, 0.25) is 18.2 Å². The number of piperazine rings is 1. The van der Waals surface area contributed by atoms with Gasteiger partial charge in [0.05, 0.1) is 24.3 Å². The molecular weight excluding hydrogens is 663 g/mol. The lowest BCUT2D eigenvalue weighted by Gasteiger charge is -2.37. The number of hydrogen-bond donors (Lipinski definition) is 3. The Balaban J connectivity index is 1.04. The van der Waals surface area contributed by atoms with Gasteiger partial charge in [0, 0.05) is 69.1 Å². The number of piperidine rings is 1. The van der Waals surface area contributed by atoms with Gasteiger partial charge < -0.3 is 31.0 Å². The van der Waals surface area contributed by atoms with Crippen LogP contribution in [0.15, 0.2) is 41.5 Å². The summed E-state index contributed by atoms with van der Waals surface area (Å²) in [5.74, 6) is -0.783. The van der Waals surface area contributed by atoms with Gasteiger partial charge in [0.1, 0.15) is 5.82 Å². The fourth-order valence-electron chi connectivity index (χ4n) is 8.13. The molecule has 2 aliphatic carbocycles. The molecule has 12 heteroatoms. The molecule has 2 heterocycles. The summed E-state index contributed by atoms with van der Waals surface area (Å²) in [6, 6.07) is 4.27. The molecule has 0 aromatic heterocycles. The number of allylic oxidation sites excluding steroid dienone is 2. The quantitative estimate of drug-likeness (QED) is 0.122. The molecule has 1 saturated carbocycles. The molecule has 4 aliphatic rings. The number of rotatable bonds is 17. The average Bonchev–Trinajstić information content (AvgIpc) is 3.16. The lowest BCUT2D eigenvalue weighted by molar-refractivity contribution is -0.135. The summed E-state index contributed by atoms with van der Waals surface area (Å²) in [6.45, 7) is 3.87. The fraction of sp³-hybridized carbons (Fsp3) is 0.625. The third kappa shape index (κ3) is 11.3. The van der Waals surface area contributed by atoms with Crippen molar-refractivity contribution in [1.29, 1.82) is 5.41 Å². The molecule has 0 spiro atoms. The van der Waals surface area contributed by atoms with Crippen LogP contribution in [0.25, 0.3) is 0 Å². The summed E-state index contributed by atoms with van der Waals surface area (Å²) in [7, 11) is 0. The first kappa shape index (κ1) is 39.3. The van der Waals surface area contributed by atoms with E-state index in [1.54, 1.807) is 21.9 Å². The number of benzene rings is 1. The van der Waals surface area contributed by atoms with Crippen LogP contribution in [0, 0.1) is 17.1 Å². The van der Waals surface area contributed by atoms with Crippen molar-refractivity contribution < 1.29 is 28.3 Å². The Labute approximate surface area is 307 Å². The molecule has 4 N–H and O–H groups in total. The number of carbonyl (C=O) groups excluding carboxylic acids is 4. The lowest BCUT2D eigenvalue weighted by atomic mass is 9.85. The van der Waals surface area contributed by atoms with Crippen molar-refractivity contribution in [1.82, 2.24) is 20.0 Å². The molecule has 1 aromatic rings. The van der Waals surface area contributed by atoms with E-state index >= 15 is 0 Å². The van der Waals surface area contributed by atoms with Gasteiger partial charge in [0.15, 0.2) is 0 Å². The predicted molar refractivity (Wildman–Crippen MR) is 198 cm³/mol. The van der Waals surface area contributed by atoms with Crippen molar-refractivity contribution in [2.24, 2.45) is 11.7 Å². The summed E-state index contributed by atoms with van der Waals surface area (Å²) < 4.78 is 21.5. The first-order chi connectivity index (χ1) is 25.2. The van der Waals surface area contributed by atoms with Gasteiger partial charge in [-0.3, -0.25) is 24.1 Å². The third-order valence-corrected chi connectivity index (χ3v) is 11.1. The molecule has 11 nitrogen and oxygen atoms in total. The zero-order valence-electron chi connectivity index (χ0n) is 30.6. The number of ether oxygens (including phenoxy) is 1. The van der Waals surface area contributed by atoms with E-state index in [9.17, 15) is 23.6 Å². The Morgan fingerprint density at radius 3 is 2.33 bits per heavy atom. The maximum atomic E-state index is 14.9. The van der Waals surface area contributed by atoms with E-state index in [0.29, 0.717) is 68.8 Å². The van der Waals surface area contributed by atoms with E-state index in [2.05, 4.69) is 10.2 Å². The largest absolute Gasteiger partial charge is 0.375 e. The normalized spacial score (nSPS) is 19.8. The molecule has 1 atom stereocenters. The highest BCUT2D eigenvalue weighted by atomic mass is 19.1. The average molecular weight is 721 g/mol. The van der Waals surface area contributed by atoms with Gasteiger partial charge in [-0.05, 0) is 62.1 Å². The Hall–Kier alpha value is -3.90. The van der Waals surface area contributed by atoms with Gasteiger partial charge in [-0.1, -0.05) is 63.2 Å². The molecule has 2 aliphatic heterocycles. The van der Waals surface area contributed by atoms with E-state index in [1.165, 1.54) is 50.7 Å². The topological polar surface area (TPSA) is 149 Å². The summed E-state index contributed by atoms with van der Waals surface area (Å²) >= 11 is 0. The SMILES string of the molecule is N=C(Cc1ccc(F)c(C(=O)N2CCN(C(=O)CN3CCC(OC(CCCC4CCCCC4)CCNC=O)CC3)CC2)c1)C1=CCCC=C1C(N)=O. The van der Waals surface area contributed by atoms with Crippen LogP contribution in [-0.2, 0) is 25.5 Å². The van der Waals surface area contributed by atoms with Gasteiger partial charge in [0.25, 0.3) is 5.91 Å². The maximum Gasteiger partial charge on any atom is 0.256 e. The number of nitrogens with two attached hydrogens (primary N) is 1.